The third-order valence-electron chi connectivity index (χ3n) is 7.38. The van der Waals surface area contributed by atoms with Crippen molar-refractivity contribution < 1.29 is 28.6 Å². The molecule has 46 heavy (non-hydrogen) atoms. The van der Waals surface area contributed by atoms with Crippen LogP contribution in [0.2, 0.25) is 0 Å². The van der Waals surface area contributed by atoms with Crippen molar-refractivity contribution >= 4 is 23.5 Å². The van der Waals surface area contributed by atoms with Gasteiger partial charge in [-0.05, 0) is 80.6 Å². The number of halogens is 1. The Labute approximate surface area is 269 Å². The van der Waals surface area contributed by atoms with Gasteiger partial charge in [0.25, 0.3) is 5.91 Å². The lowest BCUT2D eigenvalue weighted by Gasteiger charge is -2.20. The second-order valence-corrected chi connectivity index (χ2v) is 12.6. The van der Waals surface area contributed by atoms with Crippen LogP contribution in [-0.4, -0.2) is 39.2 Å². The fourth-order valence-corrected chi connectivity index (χ4v) is 5.57. The lowest BCUT2D eigenvalue weighted by Crippen LogP contribution is -2.24. The van der Waals surface area contributed by atoms with Gasteiger partial charge < -0.3 is 19.7 Å². The Balaban J connectivity index is 1.80. The quantitative estimate of drug-likeness (QED) is 0.123. The molecule has 0 unspecified atom stereocenters. The van der Waals surface area contributed by atoms with Gasteiger partial charge in [0.15, 0.2) is 0 Å². The Bertz CT molecular complexity index is 1700. The van der Waals surface area contributed by atoms with Crippen molar-refractivity contribution in [1.29, 1.82) is 0 Å². The number of carbonyl (C=O) groups excluding carboxylic acids is 3. The molecule has 7 nitrogen and oxygen atoms in total. The second kappa shape index (κ2) is 15.0. The first-order valence-electron chi connectivity index (χ1n) is 15.4. The average Bonchev–Trinajstić information content (AvgIpc) is 3.35. The van der Waals surface area contributed by atoms with Crippen molar-refractivity contribution in [2.75, 3.05) is 5.32 Å². The summed E-state index contributed by atoms with van der Waals surface area (Å²) in [4.78, 5) is 38.2. The standard InChI is InChI=1S/C38H41FN2O5/c1-25(2)35-34(37(45)40-30-14-10-7-11-15-30)33(27-12-8-6-9-13-27)36(28-16-18-29(39)19-17-28)41(35)21-20-31(43)22-26(24-42)23-32(44)46-38(3,4)5/h6-19,25,31,43H,20-23H2,1-5H3,(H,40,45)/t31-/m0/s1. The zero-order chi connectivity index (χ0) is 33.4. The maximum absolute atomic E-state index is 14.2. The summed E-state index contributed by atoms with van der Waals surface area (Å²) < 4.78 is 21.5. The Morgan fingerprint density at radius 1 is 0.935 bits per heavy atom. The van der Waals surface area contributed by atoms with E-state index in [4.69, 9.17) is 4.74 Å². The number of benzene rings is 3. The molecule has 0 spiro atoms. The lowest BCUT2D eigenvalue weighted by atomic mass is 9.94. The highest BCUT2D eigenvalue weighted by Crippen LogP contribution is 2.42. The van der Waals surface area contributed by atoms with E-state index < -0.39 is 17.7 Å². The number of hydrogen-bond acceptors (Lipinski definition) is 5. The Morgan fingerprint density at radius 2 is 1.54 bits per heavy atom. The van der Waals surface area contributed by atoms with Crippen molar-refractivity contribution in [2.45, 2.75) is 78.0 Å². The van der Waals surface area contributed by atoms with E-state index in [1.54, 1.807) is 38.8 Å². The highest BCUT2D eigenvalue weighted by atomic mass is 19.1. The number of rotatable bonds is 12. The van der Waals surface area contributed by atoms with Crippen LogP contribution < -0.4 is 5.32 Å². The van der Waals surface area contributed by atoms with Crippen molar-refractivity contribution in [3.05, 3.63) is 108 Å². The van der Waals surface area contributed by atoms with Crippen LogP contribution >= 0.6 is 0 Å². The van der Waals surface area contributed by atoms with Crippen LogP contribution in [0, 0.1) is 5.82 Å². The predicted octanol–water partition coefficient (Wildman–Crippen LogP) is 7.97. The number of anilines is 1. The molecule has 0 fully saturated rings. The lowest BCUT2D eigenvalue weighted by molar-refractivity contribution is -0.153. The van der Waals surface area contributed by atoms with E-state index >= 15 is 0 Å². The summed E-state index contributed by atoms with van der Waals surface area (Å²) >= 11 is 0. The topological polar surface area (TPSA) is 97.6 Å². The fourth-order valence-electron chi connectivity index (χ4n) is 5.57. The predicted molar refractivity (Wildman–Crippen MR) is 179 cm³/mol. The van der Waals surface area contributed by atoms with Gasteiger partial charge in [0, 0.05) is 35.5 Å². The van der Waals surface area contributed by atoms with Crippen LogP contribution in [0.15, 0.2) is 90.5 Å². The molecule has 0 saturated carbocycles. The van der Waals surface area contributed by atoms with Gasteiger partial charge in [0.1, 0.15) is 17.4 Å². The summed E-state index contributed by atoms with van der Waals surface area (Å²) in [5.74, 6) is 0.439. The minimum absolute atomic E-state index is 0.0558. The molecule has 1 aromatic heterocycles. The van der Waals surface area contributed by atoms with Gasteiger partial charge in [-0.25, -0.2) is 9.18 Å². The molecule has 8 heteroatoms. The highest BCUT2D eigenvalue weighted by molar-refractivity contribution is 6.12. The summed E-state index contributed by atoms with van der Waals surface area (Å²) in [5, 5.41) is 14.1. The van der Waals surface area contributed by atoms with Crippen LogP contribution in [0.3, 0.4) is 0 Å². The van der Waals surface area contributed by atoms with E-state index in [2.05, 4.69) is 5.32 Å². The number of aliphatic hydroxyl groups excluding tert-OH is 1. The number of nitrogens with one attached hydrogen (secondary N) is 1. The minimum Gasteiger partial charge on any atom is -0.460 e. The third kappa shape index (κ3) is 8.68. The maximum atomic E-state index is 14.2. The molecule has 0 aliphatic heterocycles. The van der Waals surface area contributed by atoms with E-state index in [-0.39, 0.29) is 49.0 Å². The number of esters is 1. The van der Waals surface area contributed by atoms with Crippen molar-refractivity contribution in [1.82, 2.24) is 4.57 Å². The van der Waals surface area contributed by atoms with E-state index in [1.165, 1.54) is 12.1 Å². The van der Waals surface area contributed by atoms with Crippen LogP contribution in [0.5, 0.6) is 0 Å². The molecule has 0 aliphatic rings. The second-order valence-electron chi connectivity index (χ2n) is 12.6. The number of carbonyl (C=O) groups is 2. The van der Waals surface area contributed by atoms with Gasteiger partial charge in [0.2, 0.25) is 0 Å². The van der Waals surface area contributed by atoms with E-state index in [1.807, 2.05) is 79.1 Å². The molecular weight excluding hydrogens is 583 g/mol. The van der Waals surface area contributed by atoms with Gasteiger partial charge >= 0.3 is 5.97 Å². The minimum atomic E-state index is -0.982. The molecule has 1 atom stereocenters. The van der Waals surface area contributed by atoms with E-state index in [0.717, 1.165) is 11.3 Å². The fraction of sp³-hybridized carbons (Fsp3) is 0.316. The van der Waals surface area contributed by atoms with Gasteiger partial charge in [-0.1, -0.05) is 62.4 Å². The number of aliphatic hydroxyl groups is 1. The molecule has 0 radical (unpaired) electrons. The molecular formula is C38H41FN2O5. The summed E-state index contributed by atoms with van der Waals surface area (Å²) in [6.45, 7) is 9.49. The van der Waals surface area contributed by atoms with Gasteiger partial charge in [-0.15, -0.1) is 0 Å². The molecule has 0 aliphatic carbocycles. The van der Waals surface area contributed by atoms with Crippen molar-refractivity contribution in [3.8, 4) is 22.4 Å². The van der Waals surface area contributed by atoms with Crippen molar-refractivity contribution in [3.63, 3.8) is 0 Å². The number of amides is 1. The molecule has 1 amide bonds. The Hall–Kier alpha value is -4.78. The van der Waals surface area contributed by atoms with Crippen LogP contribution in [0.1, 0.15) is 75.9 Å². The van der Waals surface area contributed by atoms with Gasteiger partial charge in [-0.2, -0.15) is 0 Å². The summed E-state index contributed by atoms with van der Waals surface area (Å²) in [7, 11) is 0. The number of aromatic nitrogens is 1. The molecule has 1 heterocycles. The molecule has 4 aromatic rings. The molecule has 0 saturated heterocycles. The molecule has 2 N–H and O–H groups in total. The summed E-state index contributed by atoms with van der Waals surface area (Å²) in [6, 6.07) is 24.9. The van der Waals surface area contributed by atoms with E-state index in [9.17, 15) is 23.9 Å². The summed E-state index contributed by atoms with van der Waals surface area (Å²) in [6.07, 6.45) is -1.10. The Morgan fingerprint density at radius 3 is 2.11 bits per heavy atom. The maximum Gasteiger partial charge on any atom is 0.311 e. The smallest absolute Gasteiger partial charge is 0.311 e. The molecule has 0 bridgehead atoms. The first-order chi connectivity index (χ1) is 21.9. The number of hydrogen-bond donors (Lipinski definition) is 2. The largest absolute Gasteiger partial charge is 0.460 e. The Kier molecular flexibility index (Phi) is 11.1. The molecule has 240 valence electrons. The van der Waals surface area contributed by atoms with E-state index in [0.29, 0.717) is 28.1 Å². The number of para-hydroxylation sites is 1. The number of ether oxygens (including phenoxy) is 1. The highest BCUT2D eigenvalue weighted by Gasteiger charge is 2.31. The first kappa shape index (κ1) is 34.1. The molecule has 4 rings (SSSR count). The van der Waals surface area contributed by atoms with Gasteiger partial charge in [-0.3, -0.25) is 9.59 Å². The van der Waals surface area contributed by atoms with Gasteiger partial charge in [0.05, 0.1) is 23.8 Å². The van der Waals surface area contributed by atoms with Crippen LogP contribution in [-0.2, 0) is 20.9 Å². The number of nitrogens with zero attached hydrogens (tertiary/aromatic N) is 1. The third-order valence-corrected chi connectivity index (χ3v) is 7.38. The normalized spacial score (nSPS) is 12.0. The summed E-state index contributed by atoms with van der Waals surface area (Å²) in [5.41, 5.74) is 4.20. The van der Waals surface area contributed by atoms with Crippen molar-refractivity contribution in [2.24, 2.45) is 0 Å². The van der Waals surface area contributed by atoms with Crippen LogP contribution in [0.4, 0.5) is 10.1 Å². The monoisotopic (exact) mass is 624 g/mol. The average molecular weight is 625 g/mol. The zero-order valence-corrected chi connectivity index (χ0v) is 27.0. The first-order valence-corrected chi connectivity index (χ1v) is 15.4. The SMILES string of the molecule is CC(C)c1c(C(=O)Nc2ccccc2)c(-c2ccccc2)c(-c2ccc(F)cc2)n1CC[C@H](O)CC(=C=O)CC(=O)OC(C)(C)C. The molecule has 3 aromatic carbocycles. The zero-order valence-electron chi connectivity index (χ0n) is 27.0. The van der Waals surface area contributed by atoms with Crippen LogP contribution in [0.25, 0.3) is 22.4 Å².